The summed E-state index contributed by atoms with van der Waals surface area (Å²) in [5, 5.41) is 2.51. The minimum atomic E-state index is 0.899. The van der Waals surface area contributed by atoms with Gasteiger partial charge in [-0.15, -0.1) is 0 Å². The van der Waals surface area contributed by atoms with Crippen LogP contribution >= 0.6 is 0 Å². The fraction of sp³-hybridized carbons (Fsp3) is 0.0833. The van der Waals surface area contributed by atoms with Crippen molar-refractivity contribution in [2.75, 3.05) is 11.9 Å². The highest BCUT2D eigenvalue weighted by molar-refractivity contribution is 5.97. The average Bonchev–Trinajstić information content (AvgIpc) is 2.67. The summed E-state index contributed by atoms with van der Waals surface area (Å²) >= 11 is 0. The molecule has 0 fully saturated rings. The van der Waals surface area contributed by atoms with E-state index in [0.717, 1.165) is 22.9 Å². The highest BCUT2D eigenvalue weighted by Crippen LogP contribution is 2.47. The number of nitrogens with zero attached hydrogens (tertiary/aromatic N) is 1. The normalized spacial score (nSPS) is 12.5. The molecule has 0 spiro atoms. The average molecular weight is 337 g/mol. The lowest BCUT2D eigenvalue weighted by Gasteiger charge is -2.30. The molecule has 0 unspecified atom stereocenters. The van der Waals surface area contributed by atoms with Crippen LogP contribution in [0.15, 0.2) is 78.9 Å². The quantitative estimate of drug-likeness (QED) is 0.384. The van der Waals surface area contributed by atoms with E-state index in [4.69, 9.17) is 4.74 Å². The molecule has 0 saturated heterocycles. The summed E-state index contributed by atoms with van der Waals surface area (Å²) in [5.74, 6) is 1.81. The minimum absolute atomic E-state index is 0.899. The maximum absolute atomic E-state index is 6.26. The van der Waals surface area contributed by atoms with Gasteiger partial charge in [-0.1, -0.05) is 54.6 Å². The summed E-state index contributed by atoms with van der Waals surface area (Å²) in [7, 11) is 2.09. The van der Waals surface area contributed by atoms with Crippen LogP contribution in [0.5, 0.6) is 11.5 Å². The maximum atomic E-state index is 6.26. The Bertz CT molecular complexity index is 1140. The second-order valence-electron chi connectivity index (χ2n) is 6.84. The van der Waals surface area contributed by atoms with Crippen LogP contribution < -0.4 is 9.64 Å². The Kier molecular flexibility index (Phi) is 3.26. The van der Waals surface area contributed by atoms with Crippen molar-refractivity contribution in [1.29, 1.82) is 0 Å². The standard InChI is InChI=1S/C24H19NO/c1-16-10-12-21-23(14-16)26-24-15-18(11-13-22(24)25(21)2)20-9-5-7-17-6-3-4-8-19(17)20/h3-15H,1-2H3. The molecule has 5 rings (SSSR count). The Morgan fingerprint density at radius 3 is 2.35 bits per heavy atom. The summed E-state index contributed by atoms with van der Waals surface area (Å²) in [6.07, 6.45) is 0. The minimum Gasteiger partial charge on any atom is -0.453 e. The van der Waals surface area contributed by atoms with Gasteiger partial charge < -0.3 is 9.64 Å². The second-order valence-corrected chi connectivity index (χ2v) is 6.84. The number of fused-ring (bicyclic) bond motifs is 3. The van der Waals surface area contributed by atoms with Crippen molar-refractivity contribution in [3.63, 3.8) is 0 Å². The van der Waals surface area contributed by atoms with E-state index < -0.39 is 0 Å². The lowest BCUT2D eigenvalue weighted by atomic mass is 9.97. The van der Waals surface area contributed by atoms with Crippen molar-refractivity contribution < 1.29 is 4.74 Å². The molecule has 0 bridgehead atoms. The second kappa shape index (κ2) is 5.63. The molecule has 0 N–H and O–H groups in total. The van der Waals surface area contributed by atoms with Crippen molar-refractivity contribution in [3.8, 4) is 22.6 Å². The van der Waals surface area contributed by atoms with Crippen molar-refractivity contribution in [3.05, 3.63) is 84.4 Å². The first-order valence-corrected chi connectivity index (χ1v) is 8.85. The number of ether oxygens (including phenoxy) is 1. The smallest absolute Gasteiger partial charge is 0.151 e. The molecule has 1 aliphatic rings. The molecular weight excluding hydrogens is 318 g/mol. The molecule has 126 valence electrons. The van der Waals surface area contributed by atoms with Gasteiger partial charge in [-0.05, 0) is 58.7 Å². The van der Waals surface area contributed by atoms with Crippen molar-refractivity contribution >= 4 is 22.1 Å². The predicted molar refractivity (Wildman–Crippen MR) is 109 cm³/mol. The zero-order valence-corrected chi connectivity index (χ0v) is 14.9. The van der Waals surface area contributed by atoms with E-state index >= 15 is 0 Å². The van der Waals surface area contributed by atoms with Gasteiger partial charge in [0.25, 0.3) is 0 Å². The van der Waals surface area contributed by atoms with Crippen LogP contribution in [-0.4, -0.2) is 7.05 Å². The molecular formula is C24H19NO. The van der Waals surface area contributed by atoms with Crippen molar-refractivity contribution in [1.82, 2.24) is 0 Å². The van der Waals surface area contributed by atoms with Gasteiger partial charge in [-0.25, -0.2) is 0 Å². The van der Waals surface area contributed by atoms with Crippen molar-refractivity contribution in [2.45, 2.75) is 6.92 Å². The number of hydrogen-bond donors (Lipinski definition) is 0. The van der Waals surface area contributed by atoms with E-state index in [1.165, 1.54) is 27.5 Å². The molecule has 1 aliphatic heterocycles. The number of benzene rings is 4. The Morgan fingerprint density at radius 1 is 0.731 bits per heavy atom. The summed E-state index contributed by atoms with van der Waals surface area (Å²) in [6.45, 7) is 2.09. The lowest BCUT2D eigenvalue weighted by molar-refractivity contribution is 0.475. The maximum Gasteiger partial charge on any atom is 0.151 e. The third kappa shape index (κ3) is 2.26. The van der Waals surface area contributed by atoms with E-state index in [9.17, 15) is 0 Å². The molecule has 0 aliphatic carbocycles. The summed E-state index contributed by atoms with van der Waals surface area (Å²) in [6, 6.07) is 27.8. The summed E-state index contributed by atoms with van der Waals surface area (Å²) in [4.78, 5) is 2.19. The van der Waals surface area contributed by atoms with Crippen LogP contribution in [0.3, 0.4) is 0 Å². The zero-order valence-electron chi connectivity index (χ0n) is 14.9. The van der Waals surface area contributed by atoms with Gasteiger partial charge in [-0.3, -0.25) is 0 Å². The summed E-state index contributed by atoms with van der Waals surface area (Å²) in [5.41, 5.74) is 5.79. The van der Waals surface area contributed by atoms with Crippen molar-refractivity contribution in [2.24, 2.45) is 0 Å². The van der Waals surface area contributed by atoms with Gasteiger partial charge >= 0.3 is 0 Å². The molecule has 0 atom stereocenters. The molecule has 0 amide bonds. The molecule has 0 aromatic heterocycles. The van der Waals surface area contributed by atoms with Crippen LogP contribution in [0.4, 0.5) is 11.4 Å². The first-order valence-electron chi connectivity index (χ1n) is 8.85. The number of anilines is 2. The Balaban J connectivity index is 1.66. The van der Waals surface area contributed by atoms with Crippen LogP contribution in [0.25, 0.3) is 21.9 Å². The Hall–Kier alpha value is -3.26. The van der Waals surface area contributed by atoms with Gasteiger partial charge in [0.2, 0.25) is 0 Å². The van der Waals surface area contributed by atoms with E-state index in [0.29, 0.717) is 0 Å². The van der Waals surface area contributed by atoms with Gasteiger partial charge in [0.05, 0.1) is 11.4 Å². The van der Waals surface area contributed by atoms with Gasteiger partial charge in [0.1, 0.15) is 0 Å². The van der Waals surface area contributed by atoms with Gasteiger partial charge in [0.15, 0.2) is 11.5 Å². The SMILES string of the molecule is Cc1ccc2c(c1)Oc1cc(-c3cccc4ccccc34)ccc1N2C. The van der Waals surface area contributed by atoms with E-state index in [2.05, 4.69) is 97.7 Å². The van der Waals surface area contributed by atoms with E-state index in [1.807, 2.05) is 0 Å². The fourth-order valence-electron chi connectivity index (χ4n) is 3.75. The topological polar surface area (TPSA) is 12.5 Å². The Labute approximate surface area is 153 Å². The van der Waals surface area contributed by atoms with Crippen LogP contribution in [-0.2, 0) is 0 Å². The first kappa shape index (κ1) is 15.0. The monoisotopic (exact) mass is 337 g/mol. The summed E-state index contributed by atoms with van der Waals surface area (Å²) < 4.78 is 6.26. The zero-order chi connectivity index (χ0) is 17.7. The highest BCUT2D eigenvalue weighted by Gasteiger charge is 2.22. The molecule has 4 aromatic rings. The fourth-order valence-corrected chi connectivity index (χ4v) is 3.75. The molecule has 1 heterocycles. The van der Waals surface area contributed by atoms with E-state index in [1.54, 1.807) is 0 Å². The Morgan fingerprint density at radius 2 is 1.46 bits per heavy atom. The van der Waals surface area contributed by atoms with Crippen LogP contribution in [0.2, 0.25) is 0 Å². The molecule has 0 saturated carbocycles. The number of hydrogen-bond acceptors (Lipinski definition) is 2. The predicted octanol–water partition coefficient (Wildman–Crippen LogP) is 6.69. The molecule has 26 heavy (non-hydrogen) atoms. The number of rotatable bonds is 1. The third-order valence-electron chi connectivity index (χ3n) is 5.12. The highest BCUT2D eigenvalue weighted by atomic mass is 16.5. The lowest BCUT2D eigenvalue weighted by Crippen LogP contribution is -2.15. The molecule has 0 radical (unpaired) electrons. The third-order valence-corrected chi connectivity index (χ3v) is 5.12. The molecule has 2 heteroatoms. The van der Waals surface area contributed by atoms with Crippen LogP contribution in [0.1, 0.15) is 5.56 Å². The molecule has 4 aromatic carbocycles. The first-order chi connectivity index (χ1) is 12.7. The molecule has 2 nitrogen and oxygen atoms in total. The number of aryl methyl sites for hydroxylation is 1. The van der Waals surface area contributed by atoms with Gasteiger partial charge in [0, 0.05) is 7.05 Å². The van der Waals surface area contributed by atoms with Gasteiger partial charge in [-0.2, -0.15) is 0 Å². The van der Waals surface area contributed by atoms with E-state index in [-0.39, 0.29) is 0 Å². The largest absolute Gasteiger partial charge is 0.453 e. The van der Waals surface area contributed by atoms with Crippen LogP contribution in [0, 0.1) is 6.92 Å².